The molecule has 0 saturated carbocycles. The highest BCUT2D eigenvalue weighted by atomic mass is 16.3. The highest BCUT2D eigenvalue weighted by Gasteiger charge is 2.20. The Kier molecular flexibility index (Phi) is 7.17. The van der Waals surface area contributed by atoms with Gasteiger partial charge in [0.1, 0.15) is 22.3 Å². The van der Waals surface area contributed by atoms with Crippen LogP contribution in [0.15, 0.2) is 209 Å². The van der Waals surface area contributed by atoms with Crippen LogP contribution in [0.5, 0.6) is 0 Å². The molecule has 0 bridgehead atoms. The quantitative estimate of drug-likeness (QED) is 0.173. The van der Waals surface area contributed by atoms with Crippen molar-refractivity contribution < 1.29 is 8.83 Å². The maximum Gasteiger partial charge on any atom is 0.143 e. The van der Waals surface area contributed by atoms with E-state index < -0.39 is 0 Å². The standard InChI is InChI=1S/C52H33NO2/c1-3-13-41(14-4-1)53(42-15-5-2-6-16-42)43-27-25-36(26-28-43)35-19-22-37(23-20-35)45-32-40(39-24-21-34-11-7-8-12-38(34)31-39)33-46-51-49(55-52(45)46)30-29-48-50(51)44-17-9-10-18-47(44)54-48/h1-33H. The molecule has 3 heteroatoms. The molecule has 0 fully saturated rings. The van der Waals surface area contributed by atoms with Gasteiger partial charge in [-0.05, 0) is 111 Å². The minimum Gasteiger partial charge on any atom is -0.456 e. The molecule has 55 heavy (non-hydrogen) atoms. The van der Waals surface area contributed by atoms with Crippen molar-refractivity contribution in [3.05, 3.63) is 200 Å². The molecule has 9 aromatic carbocycles. The second kappa shape index (κ2) is 12.6. The van der Waals surface area contributed by atoms with Gasteiger partial charge in [0.2, 0.25) is 0 Å². The van der Waals surface area contributed by atoms with Gasteiger partial charge in [0.25, 0.3) is 0 Å². The van der Waals surface area contributed by atoms with Gasteiger partial charge in [-0.2, -0.15) is 0 Å². The summed E-state index contributed by atoms with van der Waals surface area (Å²) in [5.41, 5.74) is 13.6. The number of benzene rings is 9. The summed E-state index contributed by atoms with van der Waals surface area (Å²) in [7, 11) is 0. The summed E-state index contributed by atoms with van der Waals surface area (Å²) in [6, 6.07) is 70.9. The van der Waals surface area contributed by atoms with Gasteiger partial charge in [-0.1, -0.05) is 127 Å². The van der Waals surface area contributed by atoms with E-state index in [1.54, 1.807) is 0 Å². The summed E-state index contributed by atoms with van der Waals surface area (Å²) in [5, 5.41) is 6.78. The van der Waals surface area contributed by atoms with Crippen LogP contribution in [-0.4, -0.2) is 0 Å². The first-order chi connectivity index (χ1) is 27.2. The Morgan fingerprint density at radius 3 is 1.58 bits per heavy atom. The molecule has 0 radical (unpaired) electrons. The molecule has 258 valence electrons. The van der Waals surface area contributed by atoms with Gasteiger partial charge in [-0.3, -0.25) is 0 Å². The lowest BCUT2D eigenvalue weighted by atomic mass is 9.93. The largest absolute Gasteiger partial charge is 0.456 e. The van der Waals surface area contributed by atoms with E-state index in [2.05, 4.69) is 181 Å². The molecule has 0 unspecified atom stereocenters. The van der Waals surface area contributed by atoms with Gasteiger partial charge in [0.15, 0.2) is 0 Å². The van der Waals surface area contributed by atoms with E-state index in [1.807, 2.05) is 24.3 Å². The molecule has 0 N–H and O–H groups in total. The van der Waals surface area contributed by atoms with Crippen LogP contribution in [0.1, 0.15) is 0 Å². The van der Waals surface area contributed by atoms with Crippen molar-refractivity contribution >= 4 is 71.7 Å². The molecule has 11 aromatic rings. The molecule has 0 aliphatic carbocycles. The normalized spacial score (nSPS) is 11.6. The highest BCUT2D eigenvalue weighted by Crippen LogP contribution is 2.45. The van der Waals surface area contributed by atoms with Gasteiger partial charge in [0, 0.05) is 44.2 Å². The van der Waals surface area contributed by atoms with Gasteiger partial charge >= 0.3 is 0 Å². The van der Waals surface area contributed by atoms with Crippen molar-refractivity contribution in [3.63, 3.8) is 0 Å². The average Bonchev–Trinajstić information content (AvgIpc) is 3.83. The fourth-order valence-electron chi connectivity index (χ4n) is 8.18. The maximum absolute atomic E-state index is 6.80. The number of hydrogen-bond donors (Lipinski definition) is 0. The third kappa shape index (κ3) is 5.28. The smallest absolute Gasteiger partial charge is 0.143 e. The fraction of sp³-hybridized carbons (Fsp3) is 0. The molecular formula is C52H33NO2. The van der Waals surface area contributed by atoms with E-state index in [-0.39, 0.29) is 0 Å². The summed E-state index contributed by atoms with van der Waals surface area (Å²) < 4.78 is 13.1. The number of anilines is 3. The van der Waals surface area contributed by atoms with E-state index in [0.717, 1.165) is 94.3 Å². The summed E-state index contributed by atoms with van der Waals surface area (Å²) >= 11 is 0. The Labute approximate surface area is 317 Å². The number of hydrogen-bond acceptors (Lipinski definition) is 3. The van der Waals surface area contributed by atoms with E-state index in [1.165, 1.54) is 10.8 Å². The number of nitrogens with zero attached hydrogens (tertiary/aromatic N) is 1. The van der Waals surface area contributed by atoms with Crippen molar-refractivity contribution in [3.8, 4) is 33.4 Å². The molecule has 2 aromatic heterocycles. The predicted molar refractivity (Wildman–Crippen MR) is 229 cm³/mol. The summed E-state index contributed by atoms with van der Waals surface area (Å²) in [6.45, 7) is 0. The molecule has 2 heterocycles. The van der Waals surface area contributed by atoms with Crippen LogP contribution < -0.4 is 4.90 Å². The minimum absolute atomic E-state index is 0.850. The number of para-hydroxylation sites is 3. The summed E-state index contributed by atoms with van der Waals surface area (Å²) in [5.74, 6) is 0. The lowest BCUT2D eigenvalue weighted by Crippen LogP contribution is -2.09. The van der Waals surface area contributed by atoms with Crippen LogP contribution in [0.3, 0.4) is 0 Å². The maximum atomic E-state index is 6.80. The van der Waals surface area contributed by atoms with Crippen LogP contribution in [0.25, 0.3) is 88.0 Å². The lowest BCUT2D eigenvalue weighted by molar-refractivity contribution is 0.663. The summed E-state index contributed by atoms with van der Waals surface area (Å²) in [6.07, 6.45) is 0. The van der Waals surface area contributed by atoms with Crippen LogP contribution >= 0.6 is 0 Å². The van der Waals surface area contributed by atoms with Crippen LogP contribution in [0.2, 0.25) is 0 Å². The second-order valence-corrected chi connectivity index (χ2v) is 14.1. The SMILES string of the molecule is c1ccc(N(c2ccccc2)c2ccc(-c3ccc(-c4cc(-c5ccc6ccccc6c5)cc5c4oc4ccc6oc7ccccc7c6c45)cc3)cc2)cc1. The fourth-order valence-corrected chi connectivity index (χ4v) is 8.18. The Morgan fingerprint density at radius 1 is 0.309 bits per heavy atom. The molecule has 11 rings (SSSR count). The zero-order valence-corrected chi connectivity index (χ0v) is 29.8. The van der Waals surface area contributed by atoms with E-state index in [0.29, 0.717) is 0 Å². The zero-order valence-electron chi connectivity index (χ0n) is 29.8. The van der Waals surface area contributed by atoms with Crippen molar-refractivity contribution in [1.29, 1.82) is 0 Å². The molecule has 0 aliphatic heterocycles. The van der Waals surface area contributed by atoms with Crippen molar-refractivity contribution in [2.45, 2.75) is 0 Å². The average molecular weight is 704 g/mol. The first-order valence-electron chi connectivity index (χ1n) is 18.7. The molecule has 3 nitrogen and oxygen atoms in total. The van der Waals surface area contributed by atoms with Crippen molar-refractivity contribution in [1.82, 2.24) is 0 Å². The first kappa shape index (κ1) is 31.2. The van der Waals surface area contributed by atoms with Gasteiger partial charge in [-0.25, -0.2) is 0 Å². The topological polar surface area (TPSA) is 29.5 Å². The highest BCUT2D eigenvalue weighted by molar-refractivity contribution is 6.27. The third-order valence-electron chi connectivity index (χ3n) is 10.8. The monoisotopic (exact) mass is 703 g/mol. The summed E-state index contributed by atoms with van der Waals surface area (Å²) in [4.78, 5) is 2.29. The number of furan rings is 2. The van der Waals surface area contributed by atoms with Gasteiger partial charge in [-0.15, -0.1) is 0 Å². The molecule has 0 saturated heterocycles. The zero-order chi connectivity index (χ0) is 36.3. The Hall–Kier alpha value is -7.36. The van der Waals surface area contributed by atoms with Crippen molar-refractivity contribution in [2.75, 3.05) is 4.90 Å². The van der Waals surface area contributed by atoms with Gasteiger partial charge < -0.3 is 13.7 Å². The Balaban J connectivity index is 1.04. The number of fused-ring (bicyclic) bond motifs is 8. The van der Waals surface area contributed by atoms with E-state index in [9.17, 15) is 0 Å². The van der Waals surface area contributed by atoms with Crippen molar-refractivity contribution in [2.24, 2.45) is 0 Å². The predicted octanol–water partition coefficient (Wildman–Crippen LogP) is 15.1. The van der Waals surface area contributed by atoms with Crippen LogP contribution in [0, 0.1) is 0 Å². The van der Waals surface area contributed by atoms with E-state index >= 15 is 0 Å². The third-order valence-corrected chi connectivity index (χ3v) is 10.8. The lowest BCUT2D eigenvalue weighted by Gasteiger charge is -2.25. The Morgan fingerprint density at radius 2 is 0.855 bits per heavy atom. The minimum atomic E-state index is 0.850. The molecule has 0 spiro atoms. The van der Waals surface area contributed by atoms with Crippen LogP contribution in [-0.2, 0) is 0 Å². The first-order valence-corrected chi connectivity index (χ1v) is 18.7. The second-order valence-electron chi connectivity index (χ2n) is 14.1. The Bertz CT molecular complexity index is 3140. The van der Waals surface area contributed by atoms with Crippen LogP contribution in [0.4, 0.5) is 17.1 Å². The number of rotatable bonds is 6. The van der Waals surface area contributed by atoms with Gasteiger partial charge in [0.05, 0.1) is 0 Å². The van der Waals surface area contributed by atoms with E-state index in [4.69, 9.17) is 8.83 Å². The molecule has 0 aliphatic rings. The molecular weight excluding hydrogens is 671 g/mol. The molecule has 0 amide bonds. The molecule has 0 atom stereocenters.